The van der Waals surface area contributed by atoms with Crippen molar-refractivity contribution in [1.82, 2.24) is 5.32 Å². The lowest BCUT2D eigenvalue weighted by Gasteiger charge is -2.09. The quantitative estimate of drug-likeness (QED) is 0.668. The van der Waals surface area contributed by atoms with Crippen molar-refractivity contribution in [3.8, 4) is 5.75 Å². The van der Waals surface area contributed by atoms with Crippen molar-refractivity contribution in [1.29, 1.82) is 0 Å². The molecule has 0 aliphatic carbocycles. The van der Waals surface area contributed by atoms with E-state index in [-0.39, 0.29) is 5.91 Å². The van der Waals surface area contributed by atoms with Crippen molar-refractivity contribution in [2.24, 2.45) is 0 Å². The summed E-state index contributed by atoms with van der Waals surface area (Å²) in [5, 5.41) is 3.55. The highest BCUT2D eigenvalue weighted by Gasteiger charge is 2.02. The Bertz CT molecular complexity index is 649. The molecule has 2 aromatic carbocycles. The van der Waals surface area contributed by atoms with Crippen LogP contribution in [-0.2, 0) is 10.5 Å². The van der Waals surface area contributed by atoms with Gasteiger partial charge in [-0.1, -0.05) is 48.0 Å². The Hall–Kier alpha value is -1.65. The first kappa shape index (κ1) is 18.7. The zero-order valence-electron chi connectivity index (χ0n) is 13.8. The van der Waals surface area contributed by atoms with Crippen LogP contribution in [0.4, 0.5) is 0 Å². The summed E-state index contributed by atoms with van der Waals surface area (Å²) in [6.45, 7) is 2.87. The fourth-order valence-corrected chi connectivity index (χ4v) is 3.11. The zero-order valence-corrected chi connectivity index (χ0v) is 15.3. The van der Waals surface area contributed by atoms with Gasteiger partial charge in [-0.3, -0.25) is 4.79 Å². The Balaban J connectivity index is 1.54. The van der Waals surface area contributed by atoms with E-state index in [0.717, 1.165) is 22.8 Å². The molecule has 128 valence electrons. The van der Waals surface area contributed by atoms with E-state index >= 15 is 0 Å². The maximum atomic E-state index is 11.8. The van der Waals surface area contributed by atoms with E-state index in [1.54, 1.807) is 17.8 Å². The van der Waals surface area contributed by atoms with Gasteiger partial charge < -0.3 is 10.1 Å². The van der Waals surface area contributed by atoms with E-state index in [2.05, 4.69) is 17.4 Å². The Morgan fingerprint density at radius 1 is 1.21 bits per heavy atom. The van der Waals surface area contributed by atoms with Gasteiger partial charge in [-0.15, -0.1) is 0 Å². The normalized spacial score (nSPS) is 10.4. The highest BCUT2D eigenvalue weighted by atomic mass is 35.5. The standard InChI is InChI=1S/C19H22ClNO2S/c1-15-7-8-17(13-18(15)20)23-11-10-21-19(22)9-12-24-14-16-5-3-2-4-6-16/h2-8,13H,9-12,14H2,1H3,(H,21,22). The van der Waals surface area contributed by atoms with E-state index < -0.39 is 0 Å². The van der Waals surface area contributed by atoms with Crippen LogP contribution < -0.4 is 10.1 Å². The van der Waals surface area contributed by atoms with Crippen LogP contribution in [0, 0.1) is 6.92 Å². The highest BCUT2D eigenvalue weighted by molar-refractivity contribution is 7.98. The number of benzene rings is 2. The van der Waals surface area contributed by atoms with Crippen LogP contribution in [0.2, 0.25) is 5.02 Å². The molecule has 0 radical (unpaired) electrons. The number of hydrogen-bond donors (Lipinski definition) is 1. The van der Waals surface area contributed by atoms with Crippen molar-refractivity contribution in [3.05, 3.63) is 64.7 Å². The first-order valence-electron chi connectivity index (χ1n) is 7.92. The number of hydrogen-bond acceptors (Lipinski definition) is 3. The zero-order chi connectivity index (χ0) is 17.2. The molecule has 0 atom stereocenters. The Morgan fingerprint density at radius 3 is 2.75 bits per heavy atom. The number of carbonyl (C=O) groups is 1. The van der Waals surface area contributed by atoms with Gasteiger partial charge in [0.15, 0.2) is 0 Å². The molecule has 2 rings (SSSR count). The van der Waals surface area contributed by atoms with Crippen LogP contribution in [0.3, 0.4) is 0 Å². The first-order valence-corrected chi connectivity index (χ1v) is 9.46. The fraction of sp³-hybridized carbons (Fsp3) is 0.316. The minimum atomic E-state index is 0.0566. The van der Waals surface area contributed by atoms with Crippen molar-refractivity contribution in [2.75, 3.05) is 18.9 Å². The van der Waals surface area contributed by atoms with Crippen LogP contribution in [0.5, 0.6) is 5.75 Å². The topological polar surface area (TPSA) is 38.3 Å². The Morgan fingerprint density at radius 2 is 2.00 bits per heavy atom. The van der Waals surface area contributed by atoms with E-state index in [0.29, 0.717) is 24.6 Å². The molecule has 0 aromatic heterocycles. The number of ether oxygens (including phenoxy) is 1. The molecule has 0 aliphatic rings. The molecule has 1 N–H and O–H groups in total. The molecule has 1 amide bonds. The van der Waals surface area contributed by atoms with Gasteiger partial charge in [0.1, 0.15) is 12.4 Å². The van der Waals surface area contributed by atoms with Crippen molar-refractivity contribution < 1.29 is 9.53 Å². The van der Waals surface area contributed by atoms with E-state index in [4.69, 9.17) is 16.3 Å². The van der Waals surface area contributed by atoms with Crippen LogP contribution in [0.15, 0.2) is 48.5 Å². The molecular formula is C19H22ClNO2S. The Labute approximate surface area is 152 Å². The molecule has 0 heterocycles. The molecule has 0 unspecified atom stereocenters. The molecule has 0 fully saturated rings. The lowest BCUT2D eigenvalue weighted by molar-refractivity contribution is -0.120. The van der Waals surface area contributed by atoms with Gasteiger partial charge in [0.25, 0.3) is 0 Å². The molecule has 24 heavy (non-hydrogen) atoms. The van der Waals surface area contributed by atoms with E-state index in [9.17, 15) is 4.79 Å². The van der Waals surface area contributed by atoms with Crippen molar-refractivity contribution in [2.45, 2.75) is 19.1 Å². The monoisotopic (exact) mass is 363 g/mol. The molecule has 0 aliphatic heterocycles. The van der Waals surface area contributed by atoms with Crippen LogP contribution >= 0.6 is 23.4 Å². The van der Waals surface area contributed by atoms with Gasteiger partial charge in [0.2, 0.25) is 5.91 Å². The lowest BCUT2D eigenvalue weighted by Crippen LogP contribution is -2.28. The first-order chi connectivity index (χ1) is 11.6. The number of rotatable bonds is 9. The van der Waals surface area contributed by atoms with E-state index in [1.165, 1.54) is 5.56 Å². The average Bonchev–Trinajstić information content (AvgIpc) is 2.59. The lowest BCUT2D eigenvalue weighted by atomic mass is 10.2. The second-order valence-electron chi connectivity index (χ2n) is 5.40. The van der Waals surface area contributed by atoms with Gasteiger partial charge in [0.05, 0.1) is 6.54 Å². The number of carbonyl (C=O) groups excluding carboxylic acids is 1. The third-order valence-electron chi connectivity index (χ3n) is 3.42. The average molecular weight is 364 g/mol. The van der Waals surface area contributed by atoms with Gasteiger partial charge in [-0.25, -0.2) is 0 Å². The van der Waals surface area contributed by atoms with Crippen LogP contribution in [0.1, 0.15) is 17.5 Å². The smallest absolute Gasteiger partial charge is 0.220 e. The maximum absolute atomic E-state index is 11.8. The van der Waals surface area contributed by atoms with Gasteiger partial charge in [-0.2, -0.15) is 11.8 Å². The number of amides is 1. The second-order valence-corrected chi connectivity index (χ2v) is 6.91. The minimum Gasteiger partial charge on any atom is -0.492 e. The largest absolute Gasteiger partial charge is 0.492 e. The third kappa shape index (κ3) is 6.85. The summed E-state index contributed by atoms with van der Waals surface area (Å²) in [5.74, 6) is 2.53. The molecule has 0 spiro atoms. The summed E-state index contributed by atoms with van der Waals surface area (Å²) in [6.07, 6.45) is 0.522. The van der Waals surface area contributed by atoms with Gasteiger partial charge in [0, 0.05) is 22.9 Å². The van der Waals surface area contributed by atoms with Crippen molar-refractivity contribution in [3.63, 3.8) is 0 Å². The second kappa shape index (κ2) is 10.3. The molecule has 0 bridgehead atoms. The maximum Gasteiger partial charge on any atom is 0.220 e. The third-order valence-corrected chi connectivity index (χ3v) is 4.86. The summed E-state index contributed by atoms with van der Waals surface area (Å²) < 4.78 is 5.57. The summed E-state index contributed by atoms with van der Waals surface area (Å²) >= 11 is 7.81. The highest BCUT2D eigenvalue weighted by Crippen LogP contribution is 2.21. The predicted molar refractivity (Wildman–Crippen MR) is 102 cm³/mol. The SMILES string of the molecule is Cc1ccc(OCCNC(=O)CCSCc2ccccc2)cc1Cl. The summed E-state index contributed by atoms with van der Waals surface area (Å²) in [6, 6.07) is 15.9. The Kier molecular flexibility index (Phi) is 7.99. The van der Waals surface area contributed by atoms with Crippen LogP contribution in [0.25, 0.3) is 0 Å². The van der Waals surface area contributed by atoms with E-state index in [1.807, 2.05) is 37.3 Å². The summed E-state index contributed by atoms with van der Waals surface area (Å²) in [4.78, 5) is 11.8. The molecule has 0 saturated heterocycles. The summed E-state index contributed by atoms with van der Waals surface area (Å²) in [7, 11) is 0. The number of aryl methyl sites for hydroxylation is 1. The van der Waals surface area contributed by atoms with Gasteiger partial charge >= 0.3 is 0 Å². The molecule has 2 aromatic rings. The molecule has 5 heteroatoms. The molecular weight excluding hydrogens is 342 g/mol. The van der Waals surface area contributed by atoms with Crippen LogP contribution in [-0.4, -0.2) is 24.8 Å². The number of halogens is 1. The summed E-state index contributed by atoms with van der Waals surface area (Å²) in [5.41, 5.74) is 2.30. The van der Waals surface area contributed by atoms with Gasteiger partial charge in [-0.05, 0) is 30.2 Å². The minimum absolute atomic E-state index is 0.0566. The predicted octanol–water partition coefficient (Wildman–Crippen LogP) is 4.47. The number of thioether (sulfide) groups is 1. The number of nitrogens with one attached hydrogen (secondary N) is 1. The molecule has 0 saturated carbocycles. The fourth-order valence-electron chi connectivity index (χ4n) is 2.04. The molecule has 3 nitrogen and oxygen atoms in total. The van der Waals surface area contributed by atoms with Crippen molar-refractivity contribution >= 4 is 29.3 Å².